The van der Waals surface area contributed by atoms with E-state index in [2.05, 4.69) is 52.2 Å². The summed E-state index contributed by atoms with van der Waals surface area (Å²) in [5.74, 6) is 0.435. The van der Waals surface area contributed by atoms with Crippen LogP contribution in [-0.2, 0) is 9.30 Å². The summed E-state index contributed by atoms with van der Waals surface area (Å²) in [6.07, 6.45) is 6.55. The summed E-state index contributed by atoms with van der Waals surface area (Å²) in [5.41, 5.74) is 1.22. The van der Waals surface area contributed by atoms with Crippen molar-refractivity contribution >= 4 is 30.0 Å². The fourth-order valence-electron chi connectivity index (χ4n) is 3.84. The fourth-order valence-corrected chi connectivity index (χ4v) is 6.60. The molecular formula is C18H27INO3P. The van der Waals surface area contributed by atoms with Gasteiger partial charge in [0.2, 0.25) is 7.37 Å². The van der Waals surface area contributed by atoms with E-state index in [0.29, 0.717) is 25.2 Å². The van der Waals surface area contributed by atoms with Gasteiger partial charge in [-0.05, 0) is 59.0 Å². The highest BCUT2D eigenvalue weighted by molar-refractivity contribution is 14.1. The van der Waals surface area contributed by atoms with E-state index < -0.39 is 7.37 Å². The Balaban J connectivity index is 1.48. The molecular weight excluding hydrogens is 436 g/mol. The van der Waals surface area contributed by atoms with E-state index >= 15 is 0 Å². The van der Waals surface area contributed by atoms with Crippen LogP contribution in [0.1, 0.15) is 43.7 Å². The predicted octanol–water partition coefficient (Wildman–Crippen LogP) is 4.17. The SMILES string of the molecule is O=P(O)(CC1CCCCC1)CC1CNC(c2cccc(I)c2)CO1. The van der Waals surface area contributed by atoms with Crippen molar-refractivity contribution in [3.63, 3.8) is 0 Å². The molecule has 3 rings (SSSR count). The van der Waals surface area contributed by atoms with E-state index in [-0.39, 0.29) is 18.3 Å². The van der Waals surface area contributed by atoms with E-state index in [4.69, 9.17) is 4.74 Å². The highest BCUT2D eigenvalue weighted by Gasteiger charge is 2.31. The van der Waals surface area contributed by atoms with Crippen molar-refractivity contribution in [2.24, 2.45) is 5.92 Å². The van der Waals surface area contributed by atoms with Crippen LogP contribution in [0.2, 0.25) is 0 Å². The van der Waals surface area contributed by atoms with Crippen molar-refractivity contribution in [3.8, 4) is 0 Å². The topological polar surface area (TPSA) is 58.6 Å². The summed E-state index contributed by atoms with van der Waals surface area (Å²) in [4.78, 5) is 10.4. The predicted molar refractivity (Wildman–Crippen MR) is 106 cm³/mol. The number of hydrogen-bond acceptors (Lipinski definition) is 3. The lowest BCUT2D eigenvalue weighted by molar-refractivity contribution is 0.0156. The molecule has 134 valence electrons. The van der Waals surface area contributed by atoms with Gasteiger partial charge in [-0.2, -0.15) is 0 Å². The van der Waals surface area contributed by atoms with Gasteiger partial charge in [-0.1, -0.05) is 31.4 Å². The molecule has 2 aliphatic rings. The van der Waals surface area contributed by atoms with Gasteiger partial charge < -0.3 is 14.9 Å². The van der Waals surface area contributed by atoms with Crippen molar-refractivity contribution in [3.05, 3.63) is 33.4 Å². The number of morpholine rings is 1. The molecule has 6 heteroatoms. The first-order valence-corrected chi connectivity index (χ1v) is 12.0. The molecule has 1 saturated carbocycles. The molecule has 0 aromatic heterocycles. The maximum Gasteiger partial charge on any atom is 0.203 e. The number of rotatable bonds is 5. The highest BCUT2D eigenvalue weighted by atomic mass is 127. The Kier molecular flexibility index (Phi) is 6.77. The Bertz CT molecular complexity index is 583. The van der Waals surface area contributed by atoms with Gasteiger partial charge in [0, 0.05) is 16.3 Å². The molecule has 0 spiro atoms. The number of benzene rings is 1. The molecule has 1 heterocycles. The van der Waals surface area contributed by atoms with Crippen LogP contribution in [0.4, 0.5) is 0 Å². The number of halogens is 1. The molecule has 2 fully saturated rings. The third kappa shape index (κ3) is 5.53. The zero-order valence-corrected chi connectivity index (χ0v) is 17.0. The third-order valence-corrected chi connectivity index (χ3v) is 7.83. The van der Waals surface area contributed by atoms with Crippen LogP contribution in [0.3, 0.4) is 0 Å². The summed E-state index contributed by atoms with van der Waals surface area (Å²) in [5, 5.41) is 3.48. The number of hydrogen-bond donors (Lipinski definition) is 2. The molecule has 3 atom stereocenters. The first-order valence-electron chi connectivity index (χ1n) is 8.93. The van der Waals surface area contributed by atoms with Crippen molar-refractivity contribution in [2.75, 3.05) is 25.5 Å². The molecule has 1 aromatic carbocycles. The lowest BCUT2D eigenvalue weighted by Gasteiger charge is -2.32. The smallest absolute Gasteiger partial charge is 0.203 e. The molecule has 24 heavy (non-hydrogen) atoms. The van der Waals surface area contributed by atoms with Gasteiger partial charge in [0.15, 0.2) is 0 Å². The van der Waals surface area contributed by atoms with Crippen LogP contribution < -0.4 is 5.32 Å². The zero-order valence-electron chi connectivity index (χ0n) is 14.0. The van der Waals surface area contributed by atoms with E-state index in [9.17, 15) is 9.46 Å². The number of nitrogens with one attached hydrogen (secondary N) is 1. The Morgan fingerprint density at radius 2 is 2.04 bits per heavy atom. The second-order valence-electron chi connectivity index (χ2n) is 7.19. The second kappa shape index (κ2) is 8.63. The first kappa shape index (κ1) is 18.8. The van der Waals surface area contributed by atoms with Gasteiger partial charge >= 0.3 is 0 Å². The van der Waals surface area contributed by atoms with Gasteiger partial charge in [0.1, 0.15) is 0 Å². The minimum atomic E-state index is -3.10. The zero-order chi connectivity index (χ0) is 17.0. The van der Waals surface area contributed by atoms with E-state index in [1.165, 1.54) is 28.4 Å². The Morgan fingerprint density at radius 1 is 1.25 bits per heavy atom. The minimum absolute atomic E-state index is 0.150. The molecule has 1 aromatic rings. The van der Waals surface area contributed by atoms with Crippen LogP contribution in [-0.4, -0.2) is 36.5 Å². The lowest BCUT2D eigenvalue weighted by atomic mass is 9.91. The molecule has 1 aliphatic carbocycles. The van der Waals surface area contributed by atoms with Gasteiger partial charge in [-0.3, -0.25) is 4.57 Å². The average molecular weight is 463 g/mol. The van der Waals surface area contributed by atoms with Crippen LogP contribution in [0, 0.1) is 9.49 Å². The van der Waals surface area contributed by atoms with Gasteiger partial charge in [-0.25, -0.2) is 0 Å². The summed E-state index contributed by atoms with van der Waals surface area (Å²) in [7, 11) is -3.10. The summed E-state index contributed by atoms with van der Waals surface area (Å²) >= 11 is 2.31. The highest BCUT2D eigenvalue weighted by Crippen LogP contribution is 2.46. The summed E-state index contributed by atoms with van der Waals surface area (Å²) < 4.78 is 19.7. The minimum Gasteiger partial charge on any atom is -0.374 e. The van der Waals surface area contributed by atoms with Gasteiger partial charge in [-0.15, -0.1) is 0 Å². The van der Waals surface area contributed by atoms with Gasteiger partial charge in [0.05, 0.1) is 24.9 Å². The molecule has 4 nitrogen and oxygen atoms in total. The Morgan fingerprint density at radius 3 is 2.71 bits per heavy atom. The van der Waals surface area contributed by atoms with Gasteiger partial charge in [0.25, 0.3) is 0 Å². The van der Waals surface area contributed by atoms with Crippen LogP contribution >= 0.6 is 30.0 Å². The molecule has 0 bridgehead atoms. The van der Waals surface area contributed by atoms with Crippen LogP contribution in [0.5, 0.6) is 0 Å². The van der Waals surface area contributed by atoms with Crippen LogP contribution in [0.15, 0.2) is 24.3 Å². The standard InChI is InChI=1S/C18H27INO3P/c19-16-8-4-7-15(9-16)18-11-23-17(10-20-18)13-24(21,22)12-14-5-2-1-3-6-14/h4,7-9,14,17-18,20H,1-3,5-6,10-13H2,(H,21,22). The Hall–Kier alpha value is 0.0600. The Labute approximate surface area is 158 Å². The maximum atomic E-state index is 12.6. The average Bonchev–Trinajstić information content (AvgIpc) is 2.55. The van der Waals surface area contributed by atoms with Crippen molar-refractivity contribution in [1.29, 1.82) is 0 Å². The van der Waals surface area contributed by atoms with E-state index in [0.717, 1.165) is 12.8 Å². The molecule has 0 amide bonds. The van der Waals surface area contributed by atoms with Crippen LogP contribution in [0.25, 0.3) is 0 Å². The molecule has 1 saturated heterocycles. The van der Waals surface area contributed by atoms with Crippen molar-refractivity contribution < 1.29 is 14.2 Å². The maximum absolute atomic E-state index is 12.6. The largest absolute Gasteiger partial charge is 0.374 e. The van der Waals surface area contributed by atoms with E-state index in [1.807, 2.05) is 0 Å². The van der Waals surface area contributed by atoms with Crippen molar-refractivity contribution in [2.45, 2.75) is 44.2 Å². The molecule has 2 N–H and O–H groups in total. The third-order valence-electron chi connectivity index (χ3n) is 5.10. The first-order chi connectivity index (χ1) is 11.5. The molecule has 1 aliphatic heterocycles. The van der Waals surface area contributed by atoms with E-state index in [1.54, 1.807) is 0 Å². The fraction of sp³-hybridized carbons (Fsp3) is 0.667. The second-order valence-corrected chi connectivity index (χ2v) is 10.9. The normalized spacial score (nSPS) is 28.4. The lowest BCUT2D eigenvalue weighted by Crippen LogP contribution is -2.43. The molecule has 0 radical (unpaired) electrons. The summed E-state index contributed by atoms with van der Waals surface area (Å²) in [6, 6.07) is 8.55. The molecule has 3 unspecified atom stereocenters. The quantitative estimate of drug-likeness (QED) is 0.509. The monoisotopic (exact) mass is 463 g/mol. The number of ether oxygens (including phenoxy) is 1. The van der Waals surface area contributed by atoms with Crippen molar-refractivity contribution in [1.82, 2.24) is 5.32 Å². The summed E-state index contributed by atoms with van der Waals surface area (Å²) in [6.45, 7) is 1.21.